The number of aromatic nitrogens is 1. The molecule has 1 aliphatic heterocycles. The van der Waals surface area contributed by atoms with Crippen LogP contribution in [0.4, 0.5) is 0 Å². The van der Waals surface area contributed by atoms with E-state index in [1.807, 2.05) is 24.3 Å². The second-order valence-electron chi connectivity index (χ2n) is 7.01. The molecule has 5 nitrogen and oxygen atoms in total. The first-order valence-corrected chi connectivity index (χ1v) is 9.61. The van der Waals surface area contributed by atoms with Crippen molar-refractivity contribution in [1.82, 2.24) is 9.47 Å². The van der Waals surface area contributed by atoms with Crippen molar-refractivity contribution in [2.75, 3.05) is 32.8 Å². The van der Waals surface area contributed by atoms with Gasteiger partial charge in [-0.2, -0.15) is 0 Å². The summed E-state index contributed by atoms with van der Waals surface area (Å²) in [4.78, 5) is 13.1. The fourth-order valence-corrected chi connectivity index (χ4v) is 3.68. The average Bonchev–Trinajstić information content (AvgIpc) is 3.11. The first-order chi connectivity index (χ1) is 13.7. The fourth-order valence-electron chi connectivity index (χ4n) is 3.68. The zero-order valence-corrected chi connectivity index (χ0v) is 15.8. The maximum Gasteiger partial charge on any atom is 0.328 e. The number of benzene rings is 2. The Hall–Kier alpha value is -2.89. The van der Waals surface area contributed by atoms with Crippen molar-refractivity contribution in [3.63, 3.8) is 0 Å². The Morgan fingerprint density at radius 1 is 1.07 bits per heavy atom. The number of aliphatic carboxylic acids is 1. The lowest BCUT2D eigenvalue weighted by atomic mass is 10.1. The molecule has 1 N–H and O–H groups in total. The SMILES string of the molecule is O=C(O)C=Cc1ccc(-n2cc(CCN3CCOCC3)c3ccccc32)cc1. The molecular formula is C23H24N2O3. The zero-order chi connectivity index (χ0) is 19.3. The second kappa shape index (κ2) is 8.42. The van der Waals surface area contributed by atoms with Gasteiger partial charge in [-0.25, -0.2) is 4.79 Å². The lowest BCUT2D eigenvalue weighted by Gasteiger charge is -2.26. The summed E-state index contributed by atoms with van der Waals surface area (Å²) in [6.07, 6.45) is 6.00. The Balaban J connectivity index is 1.59. The number of carboxylic acid groups (broad SMARTS) is 1. The largest absolute Gasteiger partial charge is 0.478 e. The Kier molecular flexibility index (Phi) is 5.55. The highest BCUT2D eigenvalue weighted by molar-refractivity contribution is 5.86. The van der Waals surface area contributed by atoms with Gasteiger partial charge < -0.3 is 14.4 Å². The Bertz CT molecular complexity index is 983. The molecule has 0 bridgehead atoms. The molecule has 5 heteroatoms. The van der Waals surface area contributed by atoms with Gasteiger partial charge in [0.05, 0.1) is 18.7 Å². The van der Waals surface area contributed by atoms with Crippen molar-refractivity contribution in [1.29, 1.82) is 0 Å². The van der Waals surface area contributed by atoms with Crippen molar-refractivity contribution < 1.29 is 14.6 Å². The van der Waals surface area contributed by atoms with Gasteiger partial charge in [-0.05, 0) is 41.8 Å². The maximum absolute atomic E-state index is 10.7. The quantitative estimate of drug-likeness (QED) is 0.668. The van der Waals surface area contributed by atoms with E-state index in [4.69, 9.17) is 9.84 Å². The smallest absolute Gasteiger partial charge is 0.328 e. The van der Waals surface area contributed by atoms with E-state index in [0.29, 0.717) is 0 Å². The molecule has 144 valence electrons. The second-order valence-corrected chi connectivity index (χ2v) is 7.01. The van der Waals surface area contributed by atoms with Gasteiger partial charge in [0.15, 0.2) is 0 Å². The summed E-state index contributed by atoms with van der Waals surface area (Å²) in [5, 5.41) is 10.1. The van der Waals surface area contributed by atoms with Gasteiger partial charge in [-0.3, -0.25) is 4.90 Å². The molecule has 0 unspecified atom stereocenters. The highest BCUT2D eigenvalue weighted by atomic mass is 16.5. The molecule has 0 aliphatic carbocycles. The number of hydrogen-bond donors (Lipinski definition) is 1. The predicted octanol–water partition coefficient (Wildman–Crippen LogP) is 3.60. The minimum atomic E-state index is -0.939. The standard InChI is InChI=1S/C23H24N2O3/c26-23(27)10-7-18-5-8-20(9-6-18)25-17-19(21-3-1-2-4-22(21)25)11-12-24-13-15-28-16-14-24/h1-10,17H,11-16H2,(H,26,27). The molecule has 1 saturated heterocycles. The van der Waals surface area contributed by atoms with Gasteiger partial charge in [0.25, 0.3) is 0 Å². The molecule has 3 aromatic rings. The van der Waals surface area contributed by atoms with E-state index in [-0.39, 0.29) is 0 Å². The molecule has 0 spiro atoms. The number of para-hydroxylation sites is 1. The molecule has 4 rings (SSSR count). The van der Waals surface area contributed by atoms with Crippen LogP contribution in [0.3, 0.4) is 0 Å². The van der Waals surface area contributed by atoms with E-state index >= 15 is 0 Å². The number of fused-ring (bicyclic) bond motifs is 1. The van der Waals surface area contributed by atoms with Crippen LogP contribution in [0.5, 0.6) is 0 Å². The lowest BCUT2D eigenvalue weighted by Crippen LogP contribution is -2.37. The van der Waals surface area contributed by atoms with Crippen molar-refractivity contribution in [3.05, 3.63) is 71.9 Å². The molecular weight excluding hydrogens is 352 g/mol. The van der Waals surface area contributed by atoms with E-state index in [2.05, 4.69) is 39.9 Å². The summed E-state index contributed by atoms with van der Waals surface area (Å²) in [6, 6.07) is 16.4. The van der Waals surface area contributed by atoms with Crippen LogP contribution in [-0.4, -0.2) is 53.4 Å². The number of morpholine rings is 1. The zero-order valence-electron chi connectivity index (χ0n) is 15.8. The molecule has 1 aliphatic rings. The van der Waals surface area contributed by atoms with Crippen LogP contribution < -0.4 is 0 Å². The van der Waals surface area contributed by atoms with Crippen molar-refractivity contribution >= 4 is 22.9 Å². The molecule has 0 amide bonds. The normalized spacial score (nSPS) is 15.4. The molecule has 2 aromatic carbocycles. The van der Waals surface area contributed by atoms with Gasteiger partial charge in [0.1, 0.15) is 0 Å². The third-order valence-electron chi connectivity index (χ3n) is 5.19. The molecule has 0 atom stereocenters. The minimum absolute atomic E-state index is 0.824. The molecule has 1 aromatic heterocycles. The maximum atomic E-state index is 10.7. The number of carbonyl (C=O) groups is 1. The molecule has 2 heterocycles. The van der Waals surface area contributed by atoms with E-state index < -0.39 is 5.97 Å². The van der Waals surface area contributed by atoms with Crippen LogP contribution >= 0.6 is 0 Å². The minimum Gasteiger partial charge on any atom is -0.478 e. The van der Waals surface area contributed by atoms with Crippen LogP contribution in [0.15, 0.2) is 60.8 Å². The number of carboxylic acids is 1. The summed E-state index contributed by atoms with van der Waals surface area (Å²) < 4.78 is 7.66. The number of hydrogen-bond acceptors (Lipinski definition) is 3. The highest BCUT2D eigenvalue weighted by Gasteiger charge is 2.13. The van der Waals surface area contributed by atoms with Crippen molar-refractivity contribution in [2.45, 2.75) is 6.42 Å². The van der Waals surface area contributed by atoms with Crippen LogP contribution in [0.2, 0.25) is 0 Å². The number of nitrogens with zero attached hydrogens (tertiary/aromatic N) is 2. The lowest BCUT2D eigenvalue weighted by molar-refractivity contribution is -0.131. The van der Waals surface area contributed by atoms with Gasteiger partial charge in [-0.1, -0.05) is 30.3 Å². The summed E-state index contributed by atoms with van der Waals surface area (Å²) in [7, 11) is 0. The monoisotopic (exact) mass is 376 g/mol. The van der Waals surface area contributed by atoms with Gasteiger partial charge in [0, 0.05) is 43.0 Å². The first-order valence-electron chi connectivity index (χ1n) is 9.61. The molecule has 0 saturated carbocycles. The molecule has 1 fully saturated rings. The Morgan fingerprint density at radius 2 is 1.82 bits per heavy atom. The van der Waals surface area contributed by atoms with Gasteiger partial charge >= 0.3 is 5.97 Å². The highest BCUT2D eigenvalue weighted by Crippen LogP contribution is 2.26. The van der Waals surface area contributed by atoms with E-state index in [9.17, 15) is 4.79 Å². The average molecular weight is 376 g/mol. The third kappa shape index (κ3) is 4.16. The molecule has 28 heavy (non-hydrogen) atoms. The van der Waals surface area contributed by atoms with E-state index in [1.54, 1.807) is 6.08 Å². The summed E-state index contributed by atoms with van der Waals surface area (Å²) in [6.45, 7) is 4.69. The predicted molar refractivity (Wildman–Crippen MR) is 111 cm³/mol. The fraction of sp³-hybridized carbons (Fsp3) is 0.261. The molecule has 0 radical (unpaired) electrons. The number of rotatable bonds is 6. The van der Waals surface area contributed by atoms with Crippen molar-refractivity contribution in [2.24, 2.45) is 0 Å². The number of ether oxygens (including phenoxy) is 1. The van der Waals surface area contributed by atoms with Crippen LogP contribution in [0.25, 0.3) is 22.7 Å². The summed E-state index contributed by atoms with van der Waals surface area (Å²) in [5.41, 5.74) is 4.47. The van der Waals surface area contributed by atoms with Gasteiger partial charge in [0.2, 0.25) is 0 Å². The van der Waals surface area contributed by atoms with Crippen molar-refractivity contribution in [3.8, 4) is 5.69 Å². The summed E-state index contributed by atoms with van der Waals surface area (Å²) >= 11 is 0. The summed E-state index contributed by atoms with van der Waals surface area (Å²) in [5.74, 6) is -0.939. The van der Waals surface area contributed by atoms with E-state index in [1.165, 1.54) is 16.5 Å². The van der Waals surface area contributed by atoms with Crippen LogP contribution in [0, 0.1) is 0 Å². The van der Waals surface area contributed by atoms with Crippen LogP contribution in [-0.2, 0) is 16.0 Å². The van der Waals surface area contributed by atoms with Gasteiger partial charge in [-0.15, -0.1) is 0 Å². The van der Waals surface area contributed by atoms with Crippen LogP contribution in [0.1, 0.15) is 11.1 Å². The third-order valence-corrected chi connectivity index (χ3v) is 5.19. The topological polar surface area (TPSA) is 54.7 Å². The first kappa shape index (κ1) is 18.5. The Labute approximate surface area is 164 Å². The Morgan fingerprint density at radius 3 is 2.57 bits per heavy atom. The van der Waals surface area contributed by atoms with E-state index in [0.717, 1.165) is 56.6 Å².